The molecule has 3 fully saturated rings. The van der Waals surface area contributed by atoms with Gasteiger partial charge in [0.05, 0.1) is 17.3 Å². The molecule has 0 amide bonds. The number of rotatable bonds is 2. The zero-order valence-electron chi connectivity index (χ0n) is 10.3. The van der Waals surface area contributed by atoms with E-state index in [1.165, 1.54) is 6.42 Å². The van der Waals surface area contributed by atoms with Crippen molar-refractivity contribution in [3.05, 3.63) is 0 Å². The molecule has 0 aromatic heterocycles. The summed E-state index contributed by atoms with van der Waals surface area (Å²) >= 11 is 0. The Labute approximate surface area is 93.0 Å². The SMILES string of the molecule is CCC1(CC)OC2(C)CCC1CCC2O. The van der Waals surface area contributed by atoms with E-state index in [1.807, 2.05) is 0 Å². The number of aliphatic hydroxyl groups excluding tert-OH is 1. The minimum Gasteiger partial charge on any atom is -0.390 e. The Hall–Kier alpha value is -0.0800. The molecule has 1 N–H and O–H groups in total. The molecule has 3 rings (SSSR count). The van der Waals surface area contributed by atoms with Gasteiger partial charge in [0.2, 0.25) is 0 Å². The Kier molecular flexibility index (Phi) is 2.85. The van der Waals surface area contributed by atoms with Crippen molar-refractivity contribution < 1.29 is 9.84 Å². The summed E-state index contributed by atoms with van der Waals surface area (Å²) in [6.07, 6.45) is 6.21. The molecule has 2 aliphatic heterocycles. The highest BCUT2D eigenvalue weighted by Crippen LogP contribution is 2.50. The van der Waals surface area contributed by atoms with Crippen LogP contribution < -0.4 is 0 Å². The first-order valence-electron chi connectivity index (χ1n) is 6.44. The van der Waals surface area contributed by atoms with Gasteiger partial charge in [0.1, 0.15) is 0 Å². The average molecular weight is 212 g/mol. The normalized spacial score (nSPS) is 44.0. The Bertz CT molecular complexity index is 233. The zero-order chi connectivity index (χ0) is 11.1. The Morgan fingerprint density at radius 3 is 2.47 bits per heavy atom. The Morgan fingerprint density at radius 1 is 1.20 bits per heavy atom. The Balaban J connectivity index is 2.31. The molecule has 1 saturated carbocycles. The van der Waals surface area contributed by atoms with E-state index in [0.29, 0.717) is 5.92 Å². The van der Waals surface area contributed by atoms with Gasteiger partial charge in [0.15, 0.2) is 0 Å². The van der Waals surface area contributed by atoms with Crippen LogP contribution in [0.25, 0.3) is 0 Å². The summed E-state index contributed by atoms with van der Waals surface area (Å²) in [5.41, 5.74) is -0.233. The van der Waals surface area contributed by atoms with E-state index in [-0.39, 0.29) is 17.3 Å². The molecular weight excluding hydrogens is 188 g/mol. The van der Waals surface area contributed by atoms with Crippen molar-refractivity contribution in [2.24, 2.45) is 5.92 Å². The van der Waals surface area contributed by atoms with Crippen LogP contribution >= 0.6 is 0 Å². The second kappa shape index (κ2) is 3.74. The van der Waals surface area contributed by atoms with Gasteiger partial charge >= 0.3 is 0 Å². The lowest BCUT2D eigenvalue weighted by atomic mass is 9.75. The van der Waals surface area contributed by atoms with Gasteiger partial charge in [-0.1, -0.05) is 13.8 Å². The van der Waals surface area contributed by atoms with Crippen LogP contribution in [0.1, 0.15) is 59.3 Å². The maximum absolute atomic E-state index is 10.1. The second-order valence-electron chi connectivity index (χ2n) is 5.52. The number of hydrogen-bond donors (Lipinski definition) is 1. The molecule has 3 aliphatic rings. The van der Waals surface area contributed by atoms with Gasteiger partial charge in [-0.05, 0) is 51.4 Å². The van der Waals surface area contributed by atoms with Crippen LogP contribution in [0.5, 0.6) is 0 Å². The Morgan fingerprint density at radius 2 is 1.87 bits per heavy atom. The van der Waals surface area contributed by atoms with Crippen LogP contribution in [0.3, 0.4) is 0 Å². The van der Waals surface area contributed by atoms with Crippen molar-refractivity contribution in [2.75, 3.05) is 0 Å². The van der Waals surface area contributed by atoms with Gasteiger partial charge in [-0.3, -0.25) is 0 Å². The van der Waals surface area contributed by atoms with Crippen molar-refractivity contribution in [1.82, 2.24) is 0 Å². The lowest BCUT2D eigenvalue weighted by molar-refractivity contribution is -0.229. The summed E-state index contributed by atoms with van der Waals surface area (Å²) in [6, 6.07) is 0. The third-order valence-corrected chi connectivity index (χ3v) is 4.86. The fourth-order valence-corrected chi connectivity index (χ4v) is 3.60. The highest BCUT2D eigenvalue weighted by molar-refractivity contribution is 5.02. The molecule has 15 heavy (non-hydrogen) atoms. The van der Waals surface area contributed by atoms with E-state index < -0.39 is 0 Å². The first kappa shape index (κ1) is 11.4. The number of aliphatic hydroxyl groups is 1. The number of hydrogen-bond acceptors (Lipinski definition) is 2. The summed E-state index contributed by atoms with van der Waals surface area (Å²) < 4.78 is 6.35. The first-order chi connectivity index (χ1) is 7.06. The average Bonchev–Trinajstić information content (AvgIpc) is 2.45. The van der Waals surface area contributed by atoms with E-state index in [0.717, 1.165) is 32.1 Å². The predicted molar refractivity (Wildman–Crippen MR) is 60.8 cm³/mol. The first-order valence-corrected chi connectivity index (χ1v) is 6.44. The molecule has 88 valence electrons. The van der Waals surface area contributed by atoms with Crippen LogP contribution in [-0.2, 0) is 4.74 Å². The van der Waals surface area contributed by atoms with E-state index >= 15 is 0 Å². The molecule has 2 heteroatoms. The van der Waals surface area contributed by atoms with Gasteiger partial charge in [-0.2, -0.15) is 0 Å². The molecule has 2 saturated heterocycles. The third-order valence-electron chi connectivity index (χ3n) is 4.86. The molecule has 1 aliphatic carbocycles. The molecule has 3 unspecified atom stereocenters. The minimum atomic E-state index is -0.279. The molecule has 2 nitrogen and oxygen atoms in total. The van der Waals surface area contributed by atoms with Crippen molar-refractivity contribution in [1.29, 1.82) is 0 Å². The van der Waals surface area contributed by atoms with E-state index in [2.05, 4.69) is 20.8 Å². The predicted octanol–water partition coefficient (Wildman–Crippen LogP) is 2.89. The minimum absolute atomic E-state index is 0.0461. The molecule has 3 atom stereocenters. The summed E-state index contributed by atoms with van der Waals surface area (Å²) in [4.78, 5) is 0. The standard InChI is InChI=1S/C13H24O2/c1-4-13(5-2)10-6-7-11(14)12(3,15-13)9-8-10/h10-11,14H,4-9H2,1-3H3. The van der Waals surface area contributed by atoms with Crippen molar-refractivity contribution in [3.8, 4) is 0 Å². The topological polar surface area (TPSA) is 29.5 Å². The monoisotopic (exact) mass is 212 g/mol. The van der Waals surface area contributed by atoms with Crippen molar-refractivity contribution in [3.63, 3.8) is 0 Å². The number of fused-ring (bicyclic) bond motifs is 4. The molecule has 2 heterocycles. The largest absolute Gasteiger partial charge is 0.390 e. The smallest absolute Gasteiger partial charge is 0.0919 e. The summed E-state index contributed by atoms with van der Waals surface area (Å²) in [5.74, 6) is 0.665. The van der Waals surface area contributed by atoms with Crippen molar-refractivity contribution in [2.45, 2.75) is 76.6 Å². The van der Waals surface area contributed by atoms with Gasteiger partial charge in [-0.25, -0.2) is 0 Å². The zero-order valence-corrected chi connectivity index (χ0v) is 10.3. The van der Waals surface area contributed by atoms with Gasteiger partial charge in [-0.15, -0.1) is 0 Å². The van der Waals surface area contributed by atoms with Crippen LogP contribution in [-0.4, -0.2) is 22.4 Å². The fourth-order valence-electron chi connectivity index (χ4n) is 3.60. The van der Waals surface area contributed by atoms with Gasteiger partial charge in [0, 0.05) is 0 Å². The van der Waals surface area contributed by atoms with Crippen LogP contribution in [0.2, 0.25) is 0 Å². The highest BCUT2D eigenvalue weighted by Gasteiger charge is 2.52. The van der Waals surface area contributed by atoms with Gasteiger partial charge in [0.25, 0.3) is 0 Å². The quantitative estimate of drug-likeness (QED) is 0.762. The van der Waals surface area contributed by atoms with Crippen LogP contribution in [0, 0.1) is 5.92 Å². The molecule has 0 spiro atoms. The second-order valence-corrected chi connectivity index (χ2v) is 5.52. The fraction of sp³-hybridized carbons (Fsp3) is 1.00. The van der Waals surface area contributed by atoms with Gasteiger partial charge < -0.3 is 9.84 Å². The van der Waals surface area contributed by atoms with Crippen molar-refractivity contribution >= 4 is 0 Å². The lowest BCUT2D eigenvalue weighted by Gasteiger charge is -2.49. The highest BCUT2D eigenvalue weighted by atomic mass is 16.5. The molecule has 0 radical (unpaired) electrons. The summed E-state index contributed by atoms with van der Waals surface area (Å²) in [6.45, 7) is 6.54. The molecule has 2 bridgehead atoms. The molecular formula is C13H24O2. The van der Waals surface area contributed by atoms with E-state index in [4.69, 9.17) is 4.74 Å². The maximum atomic E-state index is 10.1. The van der Waals surface area contributed by atoms with E-state index in [1.54, 1.807) is 0 Å². The third kappa shape index (κ3) is 1.62. The number of ether oxygens (including phenoxy) is 1. The lowest BCUT2D eigenvalue weighted by Crippen LogP contribution is -2.53. The molecule has 0 aromatic rings. The van der Waals surface area contributed by atoms with Crippen LogP contribution in [0.4, 0.5) is 0 Å². The molecule has 0 aromatic carbocycles. The summed E-state index contributed by atoms with van der Waals surface area (Å²) in [5, 5.41) is 10.1. The maximum Gasteiger partial charge on any atom is 0.0919 e. The summed E-state index contributed by atoms with van der Waals surface area (Å²) in [7, 11) is 0. The van der Waals surface area contributed by atoms with E-state index in [9.17, 15) is 5.11 Å². The van der Waals surface area contributed by atoms with Crippen LogP contribution in [0.15, 0.2) is 0 Å².